The summed E-state index contributed by atoms with van der Waals surface area (Å²) in [7, 11) is 0. The molecule has 1 heteroatoms. The van der Waals surface area contributed by atoms with E-state index in [1.54, 1.807) is 0 Å². The zero-order valence-electron chi connectivity index (χ0n) is 8.87. The van der Waals surface area contributed by atoms with Crippen LogP contribution in [0.25, 0.3) is 0 Å². The molecule has 2 atom stereocenters. The number of nitrogens with one attached hydrogen (secondary N) is 1. The Balaban J connectivity index is 1.93. The Morgan fingerprint density at radius 3 is 2.57 bits per heavy atom. The Hall–Kier alpha value is -0.820. The van der Waals surface area contributed by atoms with E-state index in [0.29, 0.717) is 0 Å². The van der Waals surface area contributed by atoms with Gasteiger partial charge in [0.2, 0.25) is 0 Å². The van der Waals surface area contributed by atoms with Crippen LogP contribution in [-0.4, -0.2) is 13.1 Å². The highest BCUT2D eigenvalue weighted by Gasteiger charge is 2.30. The number of hydrogen-bond donors (Lipinski definition) is 1. The summed E-state index contributed by atoms with van der Waals surface area (Å²) < 4.78 is 0. The van der Waals surface area contributed by atoms with E-state index >= 15 is 0 Å². The van der Waals surface area contributed by atoms with Gasteiger partial charge in [0.25, 0.3) is 0 Å². The van der Waals surface area contributed by atoms with Gasteiger partial charge in [-0.15, -0.1) is 0 Å². The lowest BCUT2D eigenvalue weighted by atomic mass is 9.70. The van der Waals surface area contributed by atoms with Gasteiger partial charge in [-0.2, -0.15) is 0 Å². The van der Waals surface area contributed by atoms with E-state index in [1.165, 1.54) is 24.9 Å². The van der Waals surface area contributed by atoms with Gasteiger partial charge < -0.3 is 5.32 Å². The van der Waals surface area contributed by atoms with Crippen molar-refractivity contribution < 1.29 is 0 Å². The summed E-state index contributed by atoms with van der Waals surface area (Å²) in [5.74, 6) is 1.69. The average molecular weight is 189 g/mol. The summed E-state index contributed by atoms with van der Waals surface area (Å²) in [6, 6.07) is 10.9. The molecular formula is C13H19N. The van der Waals surface area contributed by atoms with Crippen LogP contribution in [0.4, 0.5) is 0 Å². The van der Waals surface area contributed by atoms with Crippen LogP contribution >= 0.6 is 0 Å². The second-order valence-electron chi connectivity index (χ2n) is 4.16. The quantitative estimate of drug-likeness (QED) is 0.768. The van der Waals surface area contributed by atoms with Crippen molar-refractivity contribution in [2.45, 2.75) is 25.7 Å². The first kappa shape index (κ1) is 9.72. The highest BCUT2D eigenvalue weighted by molar-refractivity contribution is 5.22. The van der Waals surface area contributed by atoms with E-state index in [9.17, 15) is 0 Å². The third kappa shape index (κ3) is 1.98. The molecule has 0 radical (unpaired) electrons. The van der Waals surface area contributed by atoms with E-state index in [0.717, 1.165) is 18.4 Å². The van der Waals surface area contributed by atoms with Crippen LogP contribution < -0.4 is 5.32 Å². The largest absolute Gasteiger partial charge is 0.317 e. The summed E-state index contributed by atoms with van der Waals surface area (Å²) in [4.78, 5) is 0. The second kappa shape index (κ2) is 4.61. The van der Waals surface area contributed by atoms with E-state index in [-0.39, 0.29) is 0 Å². The number of hydrogen-bond acceptors (Lipinski definition) is 1. The van der Waals surface area contributed by atoms with Gasteiger partial charge in [-0.25, -0.2) is 0 Å². The Bertz CT molecular complexity index is 268. The van der Waals surface area contributed by atoms with Gasteiger partial charge in [0, 0.05) is 0 Å². The highest BCUT2D eigenvalue weighted by atomic mass is 14.9. The second-order valence-corrected chi connectivity index (χ2v) is 4.16. The molecule has 0 saturated heterocycles. The van der Waals surface area contributed by atoms with Crippen molar-refractivity contribution in [2.75, 3.05) is 13.1 Å². The molecule has 2 unspecified atom stereocenters. The fourth-order valence-electron chi connectivity index (χ4n) is 2.28. The number of rotatable bonds is 4. The molecule has 1 N–H and O–H groups in total. The van der Waals surface area contributed by atoms with Crippen LogP contribution in [-0.2, 0) is 0 Å². The van der Waals surface area contributed by atoms with Crippen LogP contribution in [0.15, 0.2) is 30.3 Å². The SMILES string of the molecule is CCNCC1CCC1c1ccccc1. The minimum atomic E-state index is 0.815. The van der Waals surface area contributed by atoms with Gasteiger partial charge >= 0.3 is 0 Å². The summed E-state index contributed by atoms with van der Waals surface area (Å²) >= 11 is 0. The Labute approximate surface area is 86.5 Å². The predicted molar refractivity (Wildman–Crippen MR) is 60.5 cm³/mol. The van der Waals surface area contributed by atoms with Gasteiger partial charge in [0.05, 0.1) is 0 Å². The molecule has 1 aliphatic rings. The topological polar surface area (TPSA) is 12.0 Å². The molecule has 1 fully saturated rings. The lowest BCUT2D eigenvalue weighted by molar-refractivity contribution is 0.247. The molecule has 1 saturated carbocycles. The molecular weight excluding hydrogens is 170 g/mol. The Morgan fingerprint density at radius 2 is 2.00 bits per heavy atom. The van der Waals surface area contributed by atoms with Gasteiger partial charge in [0.1, 0.15) is 0 Å². The van der Waals surface area contributed by atoms with Gasteiger partial charge in [-0.05, 0) is 43.3 Å². The molecule has 1 nitrogen and oxygen atoms in total. The molecule has 0 aliphatic heterocycles. The van der Waals surface area contributed by atoms with Crippen molar-refractivity contribution in [3.63, 3.8) is 0 Å². The van der Waals surface area contributed by atoms with Crippen molar-refractivity contribution in [3.8, 4) is 0 Å². The third-order valence-corrected chi connectivity index (χ3v) is 3.30. The first-order valence-electron chi connectivity index (χ1n) is 5.67. The standard InChI is InChI=1S/C13H19N/c1-2-14-10-12-8-9-13(12)11-6-4-3-5-7-11/h3-7,12-14H,2,8-10H2,1H3. The third-order valence-electron chi connectivity index (χ3n) is 3.30. The molecule has 0 spiro atoms. The van der Waals surface area contributed by atoms with Crippen LogP contribution in [0.5, 0.6) is 0 Å². The maximum absolute atomic E-state index is 3.45. The van der Waals surface area contributed by atoms with Crippen LogP contribution in [0.1, 0.15) is 31.2 Å². The fourth-order valence-corrected chi connectivity index (χ4v) is 2.28. The predicted octanol–water partition coefficient (Wildman–Crippen LogP) is 2.79. The molecule has 2 rings (SSSR count). The van der Waals surface area contributed by atoms with E-state index in [4.69, 9.17) is 0 Å². The number of benzene rings is 1. The molecule has 14 heavy (non-hydrogen) atoms. The molecule has 0 amide bonds. The summed E-state index contributed by atoms with van der Waals surface area (Å²) in [6.07, 6.45) is 2.77. The minimum absolute atomic E-state index is 0.815. The normalized spacial score (nSPS) is 25.8. The van der Waals surface area contributed by atoms with Crippen molar-refractivity contribution in [1.82, 2.24) is 5.32 Å². The fraction of sp³-hybridized carbons (Fsp3) is 0.538. The Morgan fingerprint density at radius 1 is 1.21 bits per heavy atom. The van der Waals surface area contributed by atoms with Gasteiger partial charge in [-0.1, -0.05) is 37.3 Å². The molecule has 1 aromatic rings. The average Bonchev–Trinajstić information content (AvgIpc) is 2.18. The van der Waals surface area contributed by atoms with Crippen molar-refractivity contribution in [1.29, 1.82) is 0 Å². The highest BCUT2D eigenvalue weighted by Crippen LogP contribution is 2.41. The van der Waals surface area contributed by atoms with Crippen LogP contribution in [0, 0.1) is 5.92 Å². The zero-order valence-corrected chi connectivity index (χ0v) is 8.87. The lowest BCUT2D eigenvalue weighted by Crippen LogP contribution is -2.33. The first-order chi connectivity index (χ1) is 6.92. The van der Waals surface area contributed by atoms with Crippen molar-refractivity contribution in [3.05, 3.63) is 35.9 Å². The lowest BCUT2D eigenvalue weighted by Gasteiger charge is -2.37. The van der Waals surface area contributed by atoms with Gasteiger partial charge in [-0.3, -0.25) is 0 Å². The van der Waals surface area contributed by atoms with Crippen LogP contribution in [0.3, 0.4) is 0 Å². The molecule has 76 valence electrons. The Kier molecular flexibility index (Phi) is 3.20. The maximum atomic E-state index is 3.45. The first-order valence-corrected chi connectivity index (χ1v) is 5.67. The van der Waals surface area contributed by atoms with E-state index < -0.39 is 0 Å². The summed E-state index contributed by atoms with van der Waals surface area (Å²) in [5, 5.41) is 3.45. The molecule has 0 bridgehead atoms. The summed E-state index contributed by atoms with van der Waals surface area (Å²) in [5.41, 5.74) is 1.53. The van der Waals surface area contributed by atoms with Gasteiger partial charge in [0.15, 0.2) is 0 Å². The summed E-state index contributed by atoms with van der Waals surface area (Å²) in [6.45, 7) is 4.46. The molecule has 1 aliphatic carbocycles. The molecule has 0 aromatic heterocycles. The smallest absolute Gasteiger partial charge is 0.00148 e. The van der Waals surface area contributed by atoms with Crippen molar-refractivity contribution in [2.24, 2.45) is 5.92 Å². The maximum Gasteiger partial charge on any atom is -0.00148 e. The van der Waals surface area contributed by atoms with Crippen molar-refractivity contribution >= 4 is 0 Å². The molecule has 0 heterocycles. The van der Waals surface area contributed by atoms with Crippen LogP contribution in [0.2, 0.25) is 0 Å². The zero-order chi connectivity index (χ0) is 9.80. The van der Waals surface area contributed by atoms with E-state index in [1.807, 2.05) is 0 Å². The van der Waals surface area contributed by atoms with E-state index in [2.05, 4.69) is 42.6 Å². The monoisotopic (exact) mass is 189 g/mol. The minimum Gasteiger partial charge on any atom is -0.317 e. The molecule has 1 aromatic carbocycles.